The summed E-state index contributed by atoms with van der Waals surface area (Å²) >= 11 is 0. The van der Waals surface area contributed by atoms with E-state index in [0.717, 1.165) is 12.8 Å². The summed E-state index contributed by atoms with van der Waals surface area (Å²) < 4.78 is 2.32. The SMILES string of the molecule is Cc1ccc2c(c1)Cc1cc3c(cc1-2)Cc1c-3cc[n+](C)c1-c1cc(C)cc(C)c1C. The van der Waals surface area contributed by atoms with Gasteiger partial charge in [-0.05, 0) is 102 Å². The molecule has 4 aromatic rings. The molecule has 0 aliphatic heterocycles. The average Bonchev–Trinajstić information content (AvgIpc) is 3.25. The highest BCUT2D eigenvalue weighted by molar-refractivity contribution is 5.88. The van der Waals surface area contributed by atoms with E-state index >= 15 is 0 Å². The molecule has 2 aliphatic rings. The first-order valence-corrected chi connectivity index (χ1v) is 11.3. The number of benzene rings is 3. The van der Waals surface area contributed by atoms with Crippen molar-refractivity contribution in [2.75, 3.05) is 0 Å². The Bertz CT molecular complexity index is 1420. The lowest BCUT2D eigenvalue weighted by molar-refractivity contribution is -0.660. The molecule has 1 heterocycles. The maximum atomic E-state index is 2.48. The van der Waals surface area contributed by atoms with E-state index in [0.29, 0.717) is 0 Å². The number of nitrogens with zero attached hydrogens (tertiary/aromatic N) is 1. The van der Waals surface area contributed by atoms with Crippen LogP contribution in [0.2, 0.25) is 0 Å². The largest absolute Gasteiger partial charge is 0.216 e. The number of hydrogen-bond acceptors (Lipinski definition) is 0. The number of aromatic nitrogens is 1. The summed E-state index contributed by atoms with van der Waals surface area (Å²) in [5.74, 6) is 0. The van der Waals surface area contributed by atoms with Crippen LogP contribution in [-0.2, 0) is 19.9 Å². The van der Waals surface area contributed by atoms with Crippen molar-refractivity contribution in [1.29, 1.82) is 0 Å². The molecule has 2 aliphatic carbocycles. The van der Waals surface area contributed by atoms with E-state index in [1.165, 1.54) is 78.0 Å². The van der Waals surface area contributed by atoms with Crippen LogP contribution in [0.1, 0.15) is 44.5 Å². The van der Waals surface area contributed by atoms with E-state index in [1.54, 1.807) is 0 Å². The van der Waals surface area contributed by atoms with Gasteiger partial charge >= 0.3 is 0 Å². The Morgan fingerprint density at radius 2 is 1.32 bits per heavy atom. The van der Waals surface area contributed by atoms with Gasteiger partial charge in [-0.1, -0.05) is 35.4 Å². The lowest BCUT2D eigenvalue weighted by Gasteiger charge is -2.12. The number of fused-ring (bicyclic) bond motifs is 6. The zero-order valence-electron chi connectivity index (χ0n) is 19.1. The summed E-state index contributed by atoms with van der Waals surface area (Å²) in [6, 6.07) is 18.8. The Kier molecular flexibility index (Phi) is 3.84. The fourth-order valence-corrected chi connectivity index (χ4v) is 5.78. The van der Waals surface area contributed by atoms with Crippen molar-refractivity contribution < 1.29 is 4.57 Å². The van der Waals surface area contributed by atoms with Gasteiger partial charge in [0, 0.05) is 23.6 Å². The van der Waals surface area contributed by atoms with Gasteiger partial charge < -0.3 is 0 Å². The summed E-state index contributed by atoms with van der Waals surface area (Å²) in [5, 5.41) is 0. The zero-order chi connectivity index (χ0) is 21.4. The minimum Gasteiger partial charge on any atom is -0.201 e. The van der Waals surface area contributed by atoms with Crippen LogP contribution in [0.25, 0.3) is 33.5 Å². The molecule has 0 N–H and O–H groups in total. The van der Waals surface area contributed by atoms with Crippen LogP contribution in [-0.4, -0.2) is 0 Å². The van der Waals surface area contributed by atoms with Gasteiger partial charge in [0.2, 0.25) is 5.69 Å². The maximum absolute atomic E-state index is 2.48. The van der Waals surface area contributed by atoms with E-state index in [9.17, 15) is 0 Å². The van der Waals surface area contributed by atoms with Gasteiger partial charge in [0.1, 0.15) is 7.05 Å². The number of aryl methyl sites for hydroxylation is 4. The van der Waals surface area contributed by atoms with Crippen molar-refractivity contribution in [1.82, 2.24) is 0 Å². The third-order valence-corrected chi connectivity index (χ3v) is 7.41. The van der Waals surface area contributed by atoms with Crippen molar-refractivity contribution in [3.8, 4) is 33.5 Å². The fraction of sp³-hybridized carbons (Fsp3) is 0.233. The molecular formula is C30H28N+. The summed E-state index contributed by atoms with van der Waals surface area (Å²) in [5.41, 5.74) is 19.8. The smallest absolute Gasteiger partial charge is 0.201 e. The van der Waals surface area contributed by atoms with Crippen LogP contribution in [0.3, 0.4) is 0 Å². The summed E-state index contributed by atoms with van der Waals surface area (Å²) in [4.78, 5) is 0. The van der Waals surface area contributed by atoms with Crippen LogP contribution in [0.15, 0.2) is 54.7 Å². The fourth-order valence-electron chi connectivity index (χ4n) is 5.78. The highest BCUT2D eigenvalue weighted by Gasteiger charge is 2.31. The van der Waals surface area contributed by atoms with Crippen LogP contribution in [0, 0.1) is 27.7 Å². The Balaban J connectivity index is 1.54. The zero-order valence-corrected chi connectivity index (χ0v) is 19.1. The van der Waals surface area contributed by atoms with Crippen LogP contribution >= 0.6 is 0 Å². The maximum Gasteiger partial charge on any atom is 0.216 e. The molecular weight excluding hydrogens is 374 g/mol. The third kappa shape index (κ3) is 2.66. The molecule has 6 rings (SSSR count). The highest BCUT2D eigenvalue weighted by Crippen LogP contribution is 2.46. The predicted molar refractivity (Wildman–Crippen MR) is 128 cm³/mol. The first-order chi connectivity index (χ1) is 14.9. The normalized spacial score (nSPS) is 13.1. The van der Waals surface area contributed by atoms with Crippen molar-refractivity contribution in [2.45, 2.75) is 40.5 Å². The third-order valence-electron chi connectivity index (χ3n) is 7.41. The standard InChI is InChI=1S/C30H28N/c1-17-6-7-24-21(11-17)13-22-14-28-23(15-27(22)24)16-29-25(28)8-9-31(5)30(29)26-12-18(2)10-19(3)20(26)4/h6-12,14-15H,13,16H2,1-5H3/q+1. The minimum atomic E-state index is 1.01. The molecule has 0 saturated heterocycles. The molecule has 1 aromatic heterocycles. The Morgan fingerprint density at radius 3 is 2.13 bits per heavy atom. The van der Waals surface area contributed by atoms with Gasteiger partial charge in [0.05, 0.1) is 0 Å². The lowest BCUT2D eigenvalue weighted by Crippen LogP contribution is -2.32. The van der Waals surface area contributed by atoms with Crippen molar-refractivity contribution in [2.24, 2.45) is 7.05 Å². The van der Waals surface area contributed by atoms with E-state index in [1.807, 2.05) is 0 Å². The highest BCUT2D eigenvalue weighted by atomic mass is 14.9. The minimum absolute atomic E-state index is 1.01. The second-order valence-electron chi connectivity index (χ2n) is 9.60. The molecule has 0 bridgehead atoms. The van der Waals surface area contributed by atoms with Gasteiger partial charge in [0.25, 0.3) is 0 Å². The van der Waals surface area contributed by atoms with E-state index in [2.05, 4.69) is 94.0 Å². The van der Waals surface area contributed by atoms with Crippen molar-refractivity contribution >= 4 is 0 Å². The molecule has 0 radical (unpaired) electrons. The molecule has 0 atom stereocenters. The van der Waals surface area contributed by atoms with Crippen LogP contribution in [0.5, 0.6) is 0 Å². The molecule has 1 nitrogen and oxygen atoms in total. The molecule has 0 unspecified atom stereocenters. The molecule has 1 heteroatoms. The monoisotopic (exact) mass is 402 g/mol. The Hall–Kier alpha value is -3.19. The summed E-state index contributed by atoms with van der Waals surface area (Å²) in [7, 11) is 2.19. The second-order valence-corrected chi connectivity index (χ2v) is 9.60. The van der Waals surface area contributed by atoms with E-state index in [-0.39, 0.29) is 0 Å². The molecule has 3 aromatic carbocycles. The van der Waals surface area contributed by atoms with Gasteiger partial charge in [-0.25, -0.2) is 4.57 Å². The molecule has 0 fully saturated rings. The molecule has 0 spiro atoms. The van der Waals surface area contributed by atoms with Crippen molar-refractivity contribution in [3.05, 3.63) is 99.2 Å². The van der Waals surface area contributed by atoms with E-state index < -0.39 is 0 Å². The molecule has 31 heavy (non-hydrogen) atoms. The summed E-state index contributed by atoms with van der Waals surface area (Å²) in [6.45, 7) is 8.89. The second kappa shape index (κ2) is 6.40. The first-order valence-electron chi connectivity index (χ1n) is 11.3. The number of hydrogen-bond donors (Lipinski definition) is 0. The van der Waals surface area contributed by atoms with Gasteiger partial charge in [-0.3, -0.25) is 0 Å². The lowest BCUT2D eigenvalue weighted by atomic mass is 9.93. The predicted octanol–water partition coefficient (Wildman–Crippen LogP) is 6.55. The van der Waals surface area contributed by atoms with Crippen molar-refractivity contribution in [3.63, 3.8) is 0 Å². The summed E-state index contributed by atoms with van der Waals surface area (Å²) in [6.07, 6.45) is 4.31. The van der Waals surface area contributed by atoms with Crippen LogP contribution < -0.4 is 4.57 Å². The van der Waals surface area contributed by atoms with Crippen LogP contribution in [0.4, 0.5) is 0 Å². The molecule has 152 valence electrons. The average molecular weight is 403 g/mol. The quantitative estimate of drug-likeness (QED) is 0.274. The number of rotatable bonds is 1. The van der Waals surface area contributed by atoms with E-state index in [4.69, 9.17) is 0 Å². The molecule has 0 amide bonds. The number of pyridine rings is 1. The van der Waals surface area contributed by atoms with Gasteiger partial charge in [-0.2, -0.15) is 0 Å². The Labute approximate surface area is 185 Å². The first kappa shape index (κ1) is 18.6. The Morgan fingerprint density at radius 1 is 0.613 bits per heavy atom. The van der Waals surface area contributed by atoms with Gasteiger partial charge in [-0.15, -0.1) is 0 Å². The topological polar surface area (TPSA) is 3.88 Å². The van der Waals surface area contributed by atoms with Gasteiger partial charge in [0.15, 0.2) is 6.20 Å². The molecule has 0 saturated carbocycles.